The first kappa shape index (κ1) is 9.08. The van der Waals surface area contributed by atoms with Crippen molar-refractivity contribution in [1.82, 2.24) is 4.90 Å². The first-order chi connectivity index (χ1) is 6.79. The standard InChI is InChI=1S/C11H17NOS/c13-11(6-14)12-4-9-7-1-2-8(3-7)10(9)5-12/h7-10,14H,1-6H2/t7?,8?,9-,10+. The lowest BCUT2D eigenvalue weighted by Crippen LogP contribution is -2.31. The van der Waals surface area contributed by atoms with E-state index in [4.69, 9.17) is 0 Å². The van der Waals surface area contributed by atoms with Crippen molar-refractivity contribution < 1.29 is 4.79 Å². The predicted octanol–water partition coefficient (Wildman–Crippen LogP) is 1.42. The van der Waals surface area contributed by atoms with Crippen molar-refractivity contribution in [2.45, 2.75) is 19.3 Å². The normalized spacial score (nSPS) is 44.5. The first-order valence-corrected chi connectivity index (χ1v) is 6.31. The van der Waals surface area contributed by atoms with E-state index in [0.717, 1.165) is 36.8 Å². The van der Waals surface area contributed by atoms with E-state index >= 15 is 0 Å². The lowest BCUT2D eigenvalue weighted by molar-refractivity contribution is -0.127. The van der Waals surface area contributed by atoms with Gasteiger partial charge in [-0.25, -0.2) is 0 Å². The van der Waals surface area contributed by atoms with Gasteiger partial charge in [0.15, 0.2) is 0 Å². The van der Waals surface area contributed by atoms with Crippen LogP contribution in [0, 0.1) is 23.7 Å². The van der Waals surface area contributed by atoms with Gasteiger partial charge in [0.25, 0.3) is 0 Å². The summed E-state index contributed by atoms with van der Waals surface area (Å²) < 4.78 is 0. The summed E-state index contributed by atoms with van der Waals surface area (Å²) in [5.41, 5.74) is 0. The van der Waals surface area contributed by atoms with Crippen LogP contribution < -0.4 is 0 Å². The Hall–Kier alpha value is -0.180. The molecule has 2 aliphatic carbocycles. The van der Waals surface area contributed by atoms with E-state index in [1.807, 2.05) is 4.90 Å². The molecule has 14 heavy (non-hydrogen) atoms. The van der Waals surface area contributed by atoms with Gasteiger partial charge in [0.1, 0.15) is 0 Å². The fourth-order valence-electron chi connectivity index (χ4n) is 3.99. The molecule has 78 valence electrons. The lowest BCUT2D eigenvalue weighted by Gasteiger charge is -2.22. The highest BCUT2D eigenvalue weighted by molar-refractivity contribution is 7.81. The van der Waals surface area contributed by atoms with Crippen molar-refractivity contribution >= 4 is 18.5 Å². The van der Waals surface area contributed by atoms with Crippen LogP contribution in [-0.4, -0.2) is 29.6 Å². The molecule has 3 heteroatoms. The van der Waals surface area contributed by atoms with Crippen LogP contribution in [0.4, 0.5) is 0 Å². The number of nitrogens with zero attached hydrogens (tertiary/aromatic N) is 1. The summed E-state index contributed by atoms with van der Waals surface area (Å²) >= 11 is 4.07. The number of thiol groups is 1. The van der Waals surface area contributed by atoms with Gasteiger partial charge in [-0.3, -0.25) is 4.79 Å². The quantitative estimate of drug-likeness (QED) is 0.650. The highest BCUT2D eigenvalue weighted by Crippen LogP contribution is 2.55. The largest absolute Gasteiger partial charge is 0.341 e. The van der Waals surface area contributed by atoms with E-state index in [9.17, 15) is 4.79 Å². The molecule has 2 unspecified atom stereocenters. The first-order valence-electron chi connectivity index (χ1n) is 5.68. The maximum Gasteiger partial charge on any atom is 0.232 e. The van der Waals surface area contributed by atoms with Crippen LogP contribution in [0.1, 0.15) is 19.3 Å². The number of hydrogen-bond donors (Lipinski definition) is 1. The molecule has 2 nitrogen and oxygen atoms in total. The number of carbonyl (C=O) groups excluding carboxylic acids is 1. The summed E-state index contributed by atoms with van der Waals surface area (Å²) in [6.07, 6.45) is 4.31. The molecule has 1 amide bonds. The molecule has 1 aliphatic heterocycles. The van der Waals surface area contributed by atoms with E-state index in [-0.39, 0.29) is 5.91 Å². The second kappa shape index (κ2) is 3.16. The van der Waals surface area contributed by atoms with Crippen molar-refractivity contribution in [2.24, 2.45) is 23.7 Å². The smallest absolute Gasteiger partial charge is 0.232 e. The third-order valence-electron chi connectivity index (χ3n) is 4.63. The van der Waals surface area contributed by atoms with Crippen molar-refractivity contribution in [1.29, 1.82) is 0 Å². The van der Waals surface area contributed by atoms with Gasteiger partial charge in [-0.1, -0.05) is 0 Å². The Morgan fingerprint density at radius 1 is 1.21 bits per heavy atom. The maximum atomic E-state index is 11.5. The molecule has 3 fully saturated rings. The molecular formula is C11H17NOS. The molecule has 4 atom stereocenters. The number of amides is 1. The minimum atomic E-state index is 0.238. The molecule has 0 N–H and O–H groups in total. The summed E-state index contributed by atoms with van der Waals surface area (Å²) in [6.45, 7) is 2.07. The van der Waals surface area contributed by atoms with E-state index in [1.165, 1.54) is 19.3 Å². The Bertz CT molecular complexity index is 250. The zero-order chi connectivity index (χ0) is 9.71. The Kier molecular flexibility index (Phi) is 2.05. The molecule has 3 rings (SSSR count). The Morgan fingerprint density at radius 3 is 2.29 bits per heavy atom. The van der Waals surface area contributed by atoms with Crippen LogP contribution in [0.15, 0.2) is 0 Å². The highest BCUT2D eigenvalue weighted by atomic mass is 32.1. The van der Waals surface area contributed by atoms with Gasteiger partial charge in [-0.2, -0.15) is 12.6 Å². The van der Waals surface area contributed by atoms with Crippen molar-refractivity contribution in [3.8, 4) is 0 Å². The Morgan fingerprint density at radius 2 is 1.79 bits per heavy atom. The number of carbonyl (C=O) groups is 1. The van der Waals surface area contributed by atoms with Gasteiger partial charge in [0.05, 0.1) is 5.75 Å². The highest BCUT2D eigenvalue weighted by Gasteiger charge is 2.52. The van der Waals surface area contributed by atoms with Gasteiger partial charge in [0, 0.05) is 13.1 Å². The van der Waals surface area contributed by atoms with E-state index in [0.29, 0.717) is 5.75 Å². The average molecular weight is 211 g/mol. The molecule has 3 aliphatic rings. The van der Waals surface area contributed by atoms with Gasteiger partial charge < -0.3 is 4.90 Å². The second-order valence-corrected chi connectivity index (χ2v) is 5.43. The molecular weight excluding hydrogens is 194 g/mol. The summed E-state index contributed by atoms with van der Waals surface area (Å²) in [4.78, 5) is 13.6. The van der Waals surface area contributed by atoms with Crippen LogP contribution in [0.2, 0.25) is 0 Å². The van der Waals surface area contributed by atoms with Crippen LogP contribution in [0.5, 0.6) is 0 Å². The van der Waals surface area contributed by atoms with E-state index in [1.54, 1.807) is 0 Å². The summed E-state index contributed by atoms with van der Waals surface area (Å²) in [5, 5.41) is 0. The molecule has 0 aromatic rings. The zero-order valence-corrected chi connectivity index (χ0v) is 9.25. The lowest BCUT2D eigenvalue weighted by atomic mass is 9.82. The van der Waals surface area contributed by atoms with Crippen LogP contribution in [-0.2, 0) is 4.79 Å². The van der Waals surface area contributed by atoms with Gasteiger partial charge >= 0.3 is 0 Å². The fraction of sp³-hybridized carbons (Fsp3) is 0.909. The molecule has 1 saturated heterocycles. The Balaban J connectivity index is 1.73. The minimum absolute atomic E-state index is 0.238. The van der Waals surface area contributed by atoms with Gasteiger partial charge in [-0.15, -0.1) is 0 Å². The monoisotopic (exact) mass is 211 g/mol. The number of rotatable bonds is 1. The van der Waals surface area contributed by atoms with Crippen molar-refractivity contribution in [3.63, 3.8) is 0 Å². The third kappa shape index (κ3) is 1.14. The van der Waals surface area contributed by atoms with Crippen LogP contribution in [0.3, 0.4) is 0 Å². The molecule has 1 heterocycles. The van der Waals surface area contributed by atoms with Gasteiger partial charge in [0.2, 0.25) is 5.91 Å². The van der Waals surface area contributed by atoms with Crippen molar-refractivity contribution in [2.75, 3.05) is 18.8 Å². The van der Waals surface area contributed by atoms with E-state index < -0.39 is 0 Å². The molecule has 0 aromatic heterocycles. The summed E-state index contributed by atoms with van der Waals surface area (Å²) in [7, 11) is 0. The molecule has 0 spiro atoms. The third-order valence-corrected chi connectivity index (χ3v) is 4.90. The Labute approximate surface area is 90.4 Å². The van der Waals surface area contributed by atoms with Crippen molar-refractivity contribution in [3.05, 3.63) is 0 Å². The number of fused-ring (bicyclic) bond motifs is 5. The maximum absolute atomic E-state index is 11.5. The minimum Gasteiger partial charge on any atom is -0.341 e. The van der Waals surface area contributed by atoms with Gasteiger partial charge in [-0.05, 0) is 42.9 Å². The molecule has 0 radical (unpaired) electrons. The predicted molar refractivity (Wildman–Crippen MR) is 58.2 cm³/mol. The zero-order valence-electron chi connectivity index (χ0n) is 8.35. The van der Waals surface area contributed by atoms with Crippen LogP contribution >= 0.6 is 12.6 Å². The second-order valence-electron chi connectivity index (χ2n) is 5.12. The topological polar surface area (TPSA) is 20.3 Å². The molecule has 2 saturated carbocycles. The number of likely N-dealkylation sites (tertiary alicyclic amines) is 1. The van der Waals surface area contributed by atoms with E-state index in [2.05, 4.69) is 12.6 Å². The summed E-state index contributed by atoms with van der Waals surface area (Å²) in [5.74, 6) is 4.21. The molecule has 0 aromatic carbocycles. The summed E-state index contributed by atoms with van der Waals surface area (Å²) in [6, 6.07) is 0. The number of hydrogen-bond acceptors (Lipinski definition) is 2. The molecule has 2 bridgehead atoms. The SMILES string of the molecule is O=C(CS)N1C[C@@H]2C3CCC(C3)[C@@H]2C1. The van der Waals surface area contributed by atoms with Crippen LogP contribution in [0.25, 0.3) is 0 Å². The fourth-order valence-corrected chi connectivity index (χ4v) is 4.19. The average Bonchev–Trinajstić information content (AvgIpc) is 2.87.